The van der Waals surface area contributed by atoms with Crippen LogP contribution in [0.15, 0.2) is 0 Å². The van der Waals surface area contributed by atoms with Crippen molar-refractivity contribution in [1.82, 2.24) is 0 Å². The zero-order valence-electron chi connectivity index (χ0n) is 10.2. The third-order valence-electron chi connectivity index (χ3n) is 3.56. The first-order valence-electron chi connectivity index (χ1n) is 6.06. The Balaban J connectivity index is 2.27. The Bertz CT molecular complexity index is 169. The van der Waals surface area contributed by atoms with Crippen molar-refractivity contribution in [1.29, 1.82) is 0 Å². The molecule has 0 aromatic heterocycles. The Morgan fingerprint density at radius 1 is 1.21 bits per heavy atom. The molecule has 0 aromatic rings. The van der Waals surface area contributed by atoms with Crippen molar-refractivity contribution in [2.24, 2.45) is 17.3 Å². The first kappa shape index (κ1) is 12.0. The summed E-state index contributed by atoms with van der Waals surface area (Å²) < 4.78 is 0. The van der Waals surface area contributed by atoms with Crippen LogP contribution in [0.3, 0.4) is 0 Å². The average Bonchev–Trinajstić information content (AvgIpc) is 2.06. The van der Waals surface area contributed by atoms with Crippen molar-refractivity contribution >= 4 is 0 Å². The Morgan fingerprint density at radius 3 is 2.36 bits per heavy atom. The second kappa shape index (κ2) is 4.65. The first-order valence-corrected chi connectivity index (χ1v) is 6.06. The van der Waals surface area contributed by atoms with Gasteiger partial charge in [0.2, 0.25) is 0 Å². The van der Waals surface area contributed by atoms with Crippen molar-refractivity contribution < 1.29 is 5.11 Å². The molecule has 1 N–H and O–H groups in total. The van der Waals surface area contributed by atoms with Crippen LogP contribution in [0.25, 0.3) is 0 Å². The number of hydrogen-bond acceptors (Lipinski definition) is 1. The van der Waals surface area contributed by atoms with Gasteiger partial charge in [-0.15, -0.1) is 0 Å². The van der Waals surface area contributed by atoms with E-state index in [1.165, 1.54) is 25.7 Å². The summed E-state index contributed by atoms with van der Waals surface area (Å²) in [5, 5.41) is 9.78. The summed E-state index contributed by atoms with van der Waals surface area (Å²) in [5.41, 5.74) is 0.452. The van der Waals surface area contributed by atoms with Crippen LogP contribution in [0, 0.1) is 17.3 Å². The second-order valence-electron chi connectivity index (χ2n) is 6.32. The SMILES string of the molecule is CC1CCC(CCC(C)(C)C)CC1O. The van der Waals surface area contributed by atoms with Gasteiger partial charge in [-0.25, -0.2) is 0 Å². The lowest BCUT2D eigenvalue weighted by Gasteiger charge is -2.32. The van der Waals surface area contributed by atoms with Gasteiger partial charge in [-0.3, -0.25) is 0 Å². The highest BCUT2D eigenvalue weighted by Crippen LogP contribution is 2.34. The average molecular weight is 198 g/mol. The molecule has 3 atom stereocenters. The van der Waals surface area contributed by atoms with Gasteiger partial charge in [0.25, 0.3) is 0 Å². The van der Waals surface area contributed by atoms with E-state index in [-0.39, 0.29) is 6.10 Å². The van der Waals surface area contributed by atoms with Crippen LogP contribution in [-0.4, -0.2) is 11.2 Å². The van der Waals surface area contributed by atoms with Crippen molar-refractivity contribution in [3.05, 3.63) is 0 Å². The largest absolute Gasteiger partial charge is 0.393 e. The fraction of sp³-hybridized carbons (Fsp3) is 1.00. The van der Waals surface area contributed by atoms with Crippen molar-refractivity contribution in [3.8, 4) is 0 Å². The lowest BCUT2D eigenvalue weighted by Crippen LogP contribution is -2.27. The lowest BCUT2D eigenvalue weighted by atomic mass is 9.76. The Kier molecular flexibility index (Phi) is 4.00. The van der Waals surface area contributed by atoms with Gasteiger partial charge < -0.3 is 5.11 Å². The molecule has 0 aliphatic heterocycles. The Labute approximate surface area is 88.9 Å². The van der Waals surface area contributed by atoms with Gasteiger partial charge in [0.15, 0.2) is 0 Å². The minimum atomic E-state index is -0.0336. The first-order chi connectivity index (χ1) is 6.38. The summed E-state index contributed by atoms with van der Waals surface area (Å²) in [6, 6.07) is 0. The molecule has 1 aliphatic rings. The van der Waals surface area contributed by atoms with Gasteiger partial charge in [-0.2, -0.15) is 0 Å². The molecule has 1 heteroatoms. The van der Waals surface area contributed by atoms with Crippen LogP contribution >= 0.6 is 0 Å². The van der Waals surface area contributed by atoms with E-state index in [4.69, 9.17) is 0 Å². The Hall–Kier alpha value is -0.0400. The van der Waals surface area contributed by atoms with E-state index in [9.17, 15) is 5.11 Å². The maximum atomic E-state index is 9.78. The van der Waals surface area contributed by atoms with Gasteiger partial charge >= 0.3 is 0 Å². The van der Waals surface area contributed by atoms with Crippen LogP contribution < -0.4 is 0 Å². The summed E-state index contributed by atoms with van der Waals surface area (Å²) in [7, 11) is 0. The van der Waals surface area contributed by atoms with Crippen molar-refractivity contribution in [3.63, 3.8) is 0 Å². The summed E-state index contributed by atoms with van der Waals surface area (Å²) in [5.74, 6) is 1.31. The molecule has 84 valence electrons. The smallest absolute Gasteiger partial charge is 0.0568 e. The molecule has 0 aromatic carbocycles. The number of aliphatic hydroxyl groups is 1. The topological polar surface area (TPSA) is 20.2 Å². The monoisotopic (exact) mass is 198 g/mol. The molecular formula is C13H26O. The lowest BCUT2D eigenvalue weighted by molar-refractivity contribution is 0.0481. The molecule has 0 amide bonds. The molecule has 0 heterocycles. The maximum absolute atomic E-state index is 9.78. The van der Waals surface area contributed by atoms with Crippen LogP contribution in [0.5, 0.6) is 0 Å². The molecule has 1 fully saturated rings. The van der Waals surface area contributed by atoms with E-state index in [2.05, 4.69) is 27.7 Å². The van der Waals surface area contributed by atoms with Crippen molar-refractivity contribution in [2.75, 3.05) is 0 Å². The number of rotatable bonds is 2. The van der Waals surface area contributed by atoms with Gasteiger partial charge in [0.05, 0.1) is 6.10 Å². The maximum Gasteiger partial charge on any atom is 0.0568 e. The van der Waals surface area contributed by atoms with Crippen LogP contribution in [0.1, 0.15) is 59.8 Å². The van der Waals surface area contributed by atoms with Gasteiger partial charge in [-0.1, -0.05) is 34.1 Å². The molecule has 3 unspecified atom stereocenters. The van der Waals surface area contributed by atoms with Gasteiger partial charge in [0, 0.05) is 0 Å². The molecule has 0 spiro atoms. The van der Waals surface area contributed by atoms with E-state index in [0.29, 0.717) is 11.3 Å². The highest BCUT2D eigenvalue weighted by atomic mass is 16.3. The summed E-state index contributed by atoms with van der Waals surface area (Å²) in [4.78, 5) is 0. The molecule has 1 saturated carbocycles. The zero-order chi connectivity index (χ0) is 10.8. The molecular weight excluding hydrogens is 172 g/mol. The molecule has 1 nitrogen and oxygen atoms in total. The van der Waals surface area contributed by atoms with Gasteiger partial charge in [0.1, 0.15) is 0 Å². The molecule has 14 heavy (non-hydrogen) atoms. The standard InChI is InChI=1S/C13H26O/c1-10-5-6-11(9-12(10)14)7-8-13(2,3)4/h10-12,14H,5-9H2,1-4H3. The predicted molar refractivity (Wildman–Crippen MR) is 61.2 cm³/mol. The second-order valence-corrected chi connectivity index (χ2v) is 6.32. The third kappa shape index (κ3) is 4.00. The van der Waals surface area contributed by atoms with E-state index in [0.717, 1.165) is 12.3 Å². The normalized spacial score (nSPS) is 34.5. The summed E-state index contributed by atoms with van der Waals surface area (Å²) in [6.07, 6.45) is 6.14. The van der Waals surface area contributed by atoms with Gasteiger partial charge in [-0.05, 0) is 42.9 Å². The molecule has 0 radical (unpaired) electrons. The molecule has 0 saturated heterocycles. The summed E-state index contributed by atoms with van der Waals surface area (Å²) >= 11 is 0. The Morgan fingerprint density at radius 2 is 1.86 bits per heavy atom. The highest BCUT2D eigenvalue weighted by molar-refractivity contribution is 4.78. The molecule has 1 rings (SSSR count). The zero-order valence-corrected chi connectivity index (χ0v) is 10.2. The highest BCUT2D eigenvalue weighted by Gasteiger charge is 2.26. The van der Waals surface area contributed by atoms with Crippen molar-refractivity contribution in [2.45, 2.75) is 65.9 Å². The fourth-order valence-corrected chi connectivity index (χ4v) is 2.28. The number of hydrogen-bond donors (Lipinski definition) is 1. The predicted octanol–water partition coefficient (Wildman–Crippen LogP) is 3.61. The van der Waals surface area contributed by atoms with E-state index >= 15 is 0 Å². The fourth-order valence-electron chi connectivity index (χ4n) is 2.28. The minimum Gasteiger partial charge on any atom is -0.393 e. The van der Waals surface area contributed by atoms with Crippen LogP contribution in [0.2, 0.25) is 0 Å². The molecule has 0 bridgehead atoms. The third-order valence-corrected chi connectivity index (χ3v) is 3.56. The van der Waals surface area contributed by atoms with E-state index in [1.807, 2.05) is 0 Å². The van der Waals surface area contributed by atoms with E-state index < -0.39 is 0 Å². The van der Waals surface area contributed by atoms with E-state index in [1.54, 1.807) is 0 Å². The van der Waals surface area contributed by atoms with Crippen LogP contribution in [-0.2, 0) is 0 Å². The molecule has 1 aliphatic carbocycles. The quantitative estimate of drug-likeness (QED) is 0.718. The number of aliphatic hydroxyl groups excluding tert-OH is 1. The minimum absolute atomic E-state index is 0.0336. The van der Waals surface area contributed by atoms with Crippen LogP contribution in [0.4, 0.5) is 0 Å². The summed E-state index contributed by atoms with van der Waals surface area (Å²) in [6.45, 7) is 9.07.